The van der Waals surface area contributed by atoms with Crippen LogP contribution in [0.4, 0.5) is 5.69 Å². The van der Waals surface area contributed by atoms with Crippen LogP contribution in [0.3, 0.4) is 0 Å². The van der Waals surface area contributed by atoms with E-state index in [4.69, 9.17) is 0 Å². The molecule has 3 rings (SSSR count). The Morgan fingerprint density at radius 3 is 2.95 bits per heavy atom. The van der Waals surface area contributed by atoms with Crippen molar-refractivity contribution in [2.45, 2.75) is 57.5 Å². The van der Waals surface area contributed by atoms with Gasteiger partial charge in [0.1, 0.15) is 0 Å². The smallest absolute Gasteiger partial charge is 0.253 e. The minimum Gasteiger partial charge on any atom is -0.367 e. The van der Waals surface area contributed by atoms with Gasteiger partial charge in [0.05, 0.1) is 17.4 Å². The summed E-state index contributed by atoms with van der Waals surface area (Å²) in [6, 6.07) is 2.98. The molecule has 1 amide bonds. The highest BCUT2D eigenvalue weighted by Crippen LogP contribution is 2.26. The van der Waals surface area contributed by atoms with Crippen LogP contribution in [0.2, 0.25) is 0 Å². The van der Waals surface area contributed by atoms with Crippen LogP contribution < -0.4 is 10.2 Å². The number of hydrogen-bond acceptors (Lipinski definition) is 3. The first-order chi connectivity index (χ1) is 9.78. The second kappa shape index (κ2) is 5.81. The first kappa shape index (κ1) is 13.4. The maximum atomic E-state index is 12.1. The Morgan fingerprint density at radius 1 is 1.35 bits per heavy atom. The molecule has 2 heterocycles. The molecule has 0 spiro atoms. The van der Waals surface area contributed by atoms with E-state index in [1.165, 1.54) is 19.3 Å². The van der Waals surface area contributed by atoms with E-state index < -0.39 is 0 Å². The van der Waals surface area contributed by atoms with Crippen molar-refractivity contribution < 1.29 is 4.79 Å². The average Bonchev–Trinajstić information content (AvgIpc) is 3.31. The summed E-state index contributed by atoms with van der Waals surface area (Å²) >= 11 is 0. The van der Waals surface area contributed by atoms with Gasteiger partial charge in [-0.15, -0.1) is 0 Å². The summed E-state index contributed by atoms with van der Waals surface area (Å²) < 4.78 is 0. The topological polar surface area (TPSA) is 45.2 Å². The molecule has 0 aromatic carbocycles. The third kappa shape index (κ3) is 2.94. The number of hydrogen-bond donors (Lipinski definition) is 1. The number of aromatic nitrogens is 1. The van der Waals surface area contributed by atoms with Crippen LogP contribution in [0.5, 0.6) is 0 Å². The molecule has 1 aromatic rings. The predicted octanol–water partition coefficient (Wildman–Crippen LogP) is 2.74. The quantitative estimate of drug-likeness (QED) is 0.917. The lowest BCUT2D eigenvalue weighted by Gasteiger charge is -2.37. The highest BCUT2D eigenvalue weighted by atomic mass is 16.1. The number of rotatable bonds is 4. The molecule has 1 atom stereocenters. The summed E-state index contributed by atoms with van der Waals surface area (Å²) in [4.78, 5) is 18.8. The van der Waals surface area contributed by atoms with Crippen molar-refractivity contribution in [2.75, 3.05) is 11.4 Å². The standard InChI is InChI=1S/C16H23N3O/c1-2-14-5-3-4-8-19(14)15-9-12(10-17-11-15)16(20)18-13-6-7-13/h9-11,13-14H,2-8H2,1H3,(H,18,20). The van der Waals surface area contributed by atoms with Gasteiger partial charge in [-0.25, -0.2) is 0 Å². The minimum absolute atomic E-state index is 0.0203. The summed E-state index contributed by atoms with van der Waals surface area (Å²) in [6.45, 7) is 3.31. The van der Waals surface area contributed by atoms with Crippen LogP contribution in [0.1, 0.15) is 55.8 Å². The highest BCUT2D eigenvalue weighted by molar-refractivity contribution is 5.95. The van der Waals surface area contributed by atoms with E-state index in [0.717, 1.165) is 31.5 Å². The normalized spacial score (nSPS) is 22.6. The molecule has 1 saturated heterocycles. The van der Waals surface area contributed by atoms with Crippen LogP contribution in [0.25, 0.3) is 0 Å². The summed E-state index contributed by atoms with van der Waals surface area (Å²) in [5.41, 5.74) is 1.79. The molecule has 1 N–H and O–H groups in total. The number of nitrogens with zero attached hydrogens (tertiary/aromatic N) is 2. The number of piperidine rings is 1. The van der Waals surface area contributed by atoms with Gasteiger partial charge in [0.25, 0.3) is 5.91 Å². The van der Waals surface area contributed by atoms with Crippen molar-refractivity contribution in [3.63, 3.8) is 0 Å². The molecule has 1 aromatic heterocycles. The van der Waals surface area contributed by atoms with Gasteiger partial charge in [0.2, 0.25) is 0 Å². The van der Waals surface area contributed by atoms with E-state index in [2.05, 4.69) is 22.1 Å². The molecule has 2 fully saturated rings. The molecular formula is C16H23N3O. The first-order valence-electron chi connectivity index (χ1n) is 7.80. The molecule has 1 aliphatic carbocycles. The third-order valence-corrected chi connectivity index (χ3v) is 4.33. The maximum absolute atomic E-state index is 12.1. The van der Waals surface area contributed by atoms with Crippen molar-refractivity contribution in [3.8, 4) is 0 Å². The summed E-state index contributed by atoms with van der Waals surface area (Å²) in [7, 11) is 0. The van der Waals surface area contributed by atoms with Crippen molar-refractivity contribution in [1.29, 1.82) is 0 Å². The third-order valence-electron chi connectivity index (χ3n) is 4.33. The van der Waals surface area contributed by atoms with Crippen molar-refractivity contribution >= 4 is 11.6 Å². The van der Waals surface area contributed by atoms with Crippen LogP contribution in [-0.2, 0) is 0 Å². The zero-order chi connectivity index (χ0) is 13.9. The van der Waals surface area contributed by atoms with Gasteiger partial charge in [-0.1, -0.05) is 6.92 Å². The summed E-state index contributed by atoms with van der Waals surface area (Å²) in [6.07, 6.45) is 10.7. The highest BCUT2D eigenvalue weighted by Gasteiger charge is 2.25. The number of anilines is 1. The second-order valence-corrected chi connectivity index (χ2v) is 5.93. The largest absolute Gasteiger partial charge is 0.367 e. The van der Waals surface area contributed by atoms with Gasteiger partial charge in [0, 0.05) is 24.8 Å². The van der Waals surface area contributed by atoms with E-state index in [1.54, 1.807) is 6.20 Å². The molecule has 4 heteroatoms. The molecule has 108 valence electrons. The SMILES string of the molecule is CCC1CCCCN1c1cncc(C(=O)NC2CC2)c1. The molecule has 1 saturated carbocycles. The first-order valence-corrected chi connectivity index (χ1v) is 7.80. The van der Waals surface area contributed by atoms with Gasteiger partial charge >= 0.3 is 0 Å². The van der Waals surface area contributed by atoms with E-state index >= 15 is 0 Å². The molecule has 0 radical (unpaired) electrons. The molecule has 0 bridgehead atoms. The predicted molar refractivity (Wildman–Crippen MR) is 80.0 cm³/mol. The van der Waals surface area contributed by atoms with Crippen LogP contribution in [-0.4, -0.2) is 29.5 Å². The van der Waals surface area contributed by atoms with E-state index in [-0.39, 0.29) is 5.91 Å². The second-order valence-electron chi connectivity index (χ2n) is 5.93. The van der Waals surface area contributed by atoms with Gasteiger partial charge in [-0.05, 0) is 44.6 Å². The number of amides is 1. The van der Waals surface area contributed by atoms with Crippen LogP contribution in [0, 0.1) is 0 Å². The number of pyridine rings is 1. The summed E-state index contributed by atoms with van der Waals surface area (Å²) in [5.74, 6) is 0.0203. The number of carbonyl (C=O) groups is 1. The average molecular weight is 273 g/mol. The Bertz CT molecular complexity index is 484. The Labute approximate surface area is 120 Å². The number of nitrogens with one attached hydrogen (secondary N) is 1. The fraction of sp³-hybridized carbons (Fsp3) is 0.625. The van der Waals surface area contributed by atoms with Crippen LogP contribution in [0.15, 0.2) is 18.5 Å². The molecule has 1 aliphatic heterocycles. The van der Waals surface area contributed by atoms with Crippen LogP contribution >= 0.6 is 0 Å². The Balaban J connectivity index is 1.76. The minimum atomic E-state index is 0.0203. The van der Waals surface area contributed by atoms with E-state index in [0.29, 0.717) is 17.6 Å². The lowest BCUT2D eigenvalue weighted by atomic mass is 9.99. The fourth-order valence-electron chi connectivity index (χ4n) is 2.97. The van der Waals surface area contributed by atoms with Gasteiger partial charge in [-0.3, -0.25) is 9.78 Å². The zero-order valence-corrected chi connectivity index (χ0v) is 12.1. The zero-order valence-electron chi connectivity index (χ0n) is 12.1. The fourth-order valence-corrected chi connectivity index (χ4v) is 2.97. The summed E-state index contributed by atoms with van der Waals surface area (Å²) in [5, 5.41) is 3.03. The molecular weight excluding hydrogens is 250 g/mol. The molecule has 20 heavy (non-hydrogen) atoms. The van der Waals surface area contributed by atoms with Gasteiger partial charge < -0.3 is 10.2 Å². The lowest BCUT2D eigenvalue weighted by Crippen LogP contribution is -2.39. The number of carbonyl (C=O) groups excluding carboxylic acids is 1. The molecule has 4 nitrogen and oxygen atoms in total. The van der Waals surface area contributed by atoms with Crippen molar-refractivity contribution in [3.05, 3.63) is 24.0 Å². The van der Waals surface area contributed by atoms with E-state index in [1.807, 2.05) is 12.3 Å². The van der Waals surface area contributed by atoms with Crippen molar-refractivity contribution in [1.82, 2.24) is 10.3 Å². The lowest BCUT2D eigenvalue weighted by molar-refractivity contribution is 0.0950. The van der Waals surface area contributed by atoms with Gasteiger partial charge in [-0.2, -0.15) is 0 Å². The van der Waals surface area contributed by atoms with Gasteiger partial charge in [0.15, 0.2) is 0 Å². The Kier molecular flexibility index (Phi) is 3.90. The Hall–Kier alpha value is -1.58. The molecule has 1 unspecified atom stereocenters. The molecule has 2 aliphatic rings. The van der Waals surface area contributed by atoms with E-state index in [9.17, 15) is 4.79 Å². The monoisotopic (exact) mass is 273 g/mol. The maximum Gasteiger partial charge on any atom is 0.253 e. The Morgan fingerprint density at radius 2 is 2.20 bits per heavy atom. The van der Waals surface area contributed by atoms with Crippen molar-refractivity contribution in [2.24, 2.45) is 0 Å².